The normalized spacial score (nSPS) is 19.4. The summed E-state index contributed by atoms with van der Waals surface area (Å²) >= 11 is 6.12. The Morgan fingerprint density at radius 3 is 2.26 bits per heavy atom. The van der Waals surface area contributed by atoms with Crippen molar-refractivity contribution in [2.75, 3.05) is 66.0 Å². The zero-order valence-electron chi connectivity index (χ0n) is 19.2. The first-order valence-electron chi connectivity index (χ1n) is 11.4. The van der Waals surface area contributed by atoms with E-state index in [9.17, 15) is 24.6 Å². The standard InChI is InChI=1S/C23H30ClN5O5/c1-25-4-8-27(9-5-25)20(30)14-26-6-10-28(11-7-26)22(23(33)34)18-13-29(15-21(31)32)19-12-16(24)2-3-17(18)19/h2-3,12-13,22H,4-11,14-15H2,1H3,(H,31,32)(H,33,34). The fraction of sp³-hybridized carbons (Fsp3) is 0.522. The predicted octanol–water partition coefficient (Wildman–Crippen LogP) is 0.897. The quantitative estimate of drug-likeness (QED) is 0.588. The molecular weight excluding hydrogens is 462 g/mol. The fourth-order valence-corrected chi connectivity index (χ4v) is 4.97. The van der Waals surface area contributed by atoms with Crippen molar-refractivity contribution in [2.24, 2.45) is 0 Å². The van der Waals surface area contributed by atoms with Crippen LogP contribution in [0.5, 0.6) is 0 Å². The summed E-state index contributed by atoms with van der Waals surface area (Å²) in [6.07, 6.45) is 1.61. The number of carboxylic acids is 2. The molecule has 34 heavy (non-hydrogen) atoms. The molecule has 0 radical (unpaired) electrons. The molecule has 184 valence electrons. The number of likely N-dealkylation sites (N-methyl/N-ethyl adjacent to an activating group) is 1. The second-order valence-corrected chi connectivity index (χ2v) is 9.44. The smallest absolute Gasteiger partial charge is 0.325 e. The van der Waals surface area contributed by atoms with Gasteiger partial charge in [-0.3, -0.25) is 24.2 Å². The van der Waals surface area contributed by atoms with Crippen LogP contribution in [0.1, 0.15) is 11.6 Å². The van der Waals surface area contributed by atoms with E-state index >= 15 is 0 Å². The molecule has 1 aromatic carbocycles. The molecule has 0 aliphatic carbocycles. The number of aliphatic carboxylic acids is 2. The number of carboxylic acid groups (broad SMARTS) is 2. The van der Waals surface area contributed by atoms with E-state index in [0.717, 1.165) is 26.2 Å². The molecule has 1 atom stereocenters. The van der Waals surface area contributed by atoms with E-state index < -0.39 is 18.0 Å². The van der Waals surface area contributed by atoms with E-state index in [2.05, 4.69) is 9.80 Å². The number of piperazine rings is 2. The Morgan fingerprint density at radius 2 is 1.65 bits per heavy atom. The van der Waals surface area contributed by atoms with E-state index in [4.69, 9.17) is 11.6 Å². The monoisotopic (exact) mass is 491 g/mol. The number of carbonyl (C=O) groups is 3. The number of amides is 1. The maximum Gasteiger partial charge on any atom is 0.325 e. The van der Waals surface area contributed by atoms with Crippen molar-refractivity contribution >= 4 is 40.3 Å². The van der Waals surface area contributed by atoms with Gasteiger partial charge in [-0.25, -0.2) is 0 Å². The van der Waals surface area contributed by atoms with Gasteiger partial charge in [-0.2, -0.15) is 0 Å². The molecule has 3 heterocycles. The third kappa shape index (κ3) is 5.35. The van der Waals surface area contributed by atoms with Gasteiger partial charge in [0.1, 0.15) is 12.6 Å². The number of fused-ring (bicyclic) bond motifs is 1. The summed E-state index contributed by atoms with van der Waals surface area (Å²) in [5.74, 6) is -1.90. The first-order valence-corrected chi connectivity index (χ1v) is 11.8. The lowest BCUT2D eigenvalue weighted by molar-refractivity contribution is -0.145. The highest BCUT2D eigenvalue weighted by Gasteiger charge is 2.33. The van der Waals surface area contributed by atoms with E-state index in [1.807, 2.05) is 16.8 Å². The number of halogens is 1. The van der Waals surface area contributed by atoms with Crippen LogP contribution in [0.4, 0.5) is 0 Å². The fourth-order valence-electron chi connectivity index (χ4n) is 4.80. The summed E-state index contributed by atoms with van der Waals surface area (Å²) < 4.78 is 1.53. The number of nitrogens with zero attached hydrogens (tertiary/aromatic N) is 5. The summed E-state index contributed by atoms with van der Waals surface area (Å²) in [4.78, 5) is 44.4. The van der Waals surface area contributed by atoms with Crippen LogP contribution < -0.4 is 0 Å². The highest BCUT2D eigenvalue weighted by molar-refractivity contribution is 6.31. The topological polar surface area (TPSA) is 110 Å². The van der Waals surface area contributed by atoms with Crippen molar-refractivity contribution in [3.05, 3.63) is 35.0 Å². The van der Waals surface area contributed by atoms with Crippen molar-refractivity contribution in [2.45, 2.75) is 12.6 Å². The third-order valence-corrected chi connectivity index (χ3v) is 6.93. The average Bonchev–Trinajstić information content (AvgIpc) is 3.11. The summed E-state index contributed by atoms with van der Waals surface area (Å²) in [5, 5.41) is 20.5. The molecular formula is C23H30ClN5O5. The van der Waals surface area contributed by atoms with Gasteiger partial charge < -0.3 is 24.6 Å². The number of carbonyl (C=O) groups excluding carboxylic acids is 1. The Hall–Kier alpha value is -2.66. The molecule has 4 rings (SSSR count). The second-order valence-electron chi connectivity index (χ2n) is 9.00. The number of benzene rings is 1. The van der Waals surface area contributed by atoms with Gasteiger partial charge in [0, 0.05) is 74.5 Å². The van der Waals surface area contributed by atoms with Gasteiger partial charge in [-0.05, 0) is 19.2 Å². The Labute approximate surface area is 202 Å². The van der Waals surface area contributed by atoms with E-state index in [1.54, 1.807) is 24.4 Å². The van der Waals surface area contributed by atoms with Gasteiger partial charge in [0.15, 0.2) is 0 Å². The van der Waals surface area contributed by atoms with Crippen LogP contribution in [0.3, 0.4) is 0 Å². The first-order chi connectivity index (χ1) is 16.2. The van der Waals surface area contributed by atoms with Gasteiger partial charge in [0.2, 0.25) is 5.91 Å². The van der Waals surface area contributed by atoms with Crippen LogP contribution in [0, 0.1) is 0 Å². The van der Waals surface area contributed by atoms with Gasteiger partial charge in [-0.15, -0.1) is 0 Å². The molecule has 11 heteroatoms. The summed E-state index contributed by atoms with van der Waals surface area (Å²) in [7, 11) is 2.05. The molecule has 2 aliphatic rings. The Balaban J connectivity index is 1.47. The number of rotatable bonds is 7. The zero-order valence-corrected chi connectivity index (χ0v) is 19.9. The van der Waals surface area contributed by atoms with Crippen molar-refractivity contribution in [3.8, 4) is 0 Å². The summed E-state index contributed by atoms with van der Waals surface area (Å²) in [6.45, 7) is 5.43. The summed E-state index contributed by atoms with van der Waals surface area (Å²) in [5.41, 5.74) is 1.13. The lowest BCUT2D eigenvalue weighted by atomic mass is 10.0. The molecule has 2 aromatic rings. The van der Waals surface area contributed by atoms with Crippen LogP contribution in [-0.2, 0) is 20.9 Å². The highest BCUT2D eigenvalue weighted by Crippen LogP contribution is 2.33. The molecule has 2 fully saturated rings. The molecule has 0 saturated carbocycles. The Kier molecular flexibility index (Phi) is 7.42. The maximum atomic E-state index is 12.7. The third-order valence-electron chi connectivity index (χ3n) is 6.70. The van der Waals surface area contributed by atoms with Gasteiger partial charge >= 0.3 is 11.9 Å². The Bertz CT molecular complexity index is 1070. The SMILES string of the molecule is CN1CCN(C(=O)CN2CCN(C(C(=O)O)c3cn(CC(=O)O)c4cc(Cl)ccc34)CC2)CC1. The number of aromatic nitrogens is 1. The van der Waals surface area contributed by atoms with Crippen LogP contribution in [0.2, 0.25) is 5.02 Å². The van der Waals surface area contributed by atoms with Crippen molar-refractivity contribution in [3.63, 3.8) is 0 Å². The highest BCUT2D eigenvalue weighted by atomic mass is 35.5. The van der Waals surface area contributed by atoms with Gasteiger partial charge in [0.05, 0.1) is 12.1 Å². The van der Waals surface area contributed by atoms with Crippen molar-refractivity contribution in [1.82, 2.24) is 24.2 Å². The lowest BCUT2D eigenvalue weighted by Crippen LogP contribution is -2.54. The van der Waals surface area contributed by atoms with E-state index in [1.165, 1.54) is 4.57 Å². The minimum absolute atomic E-state index is 0.116. The molecule has 1 unspecified atom stereocenters. The molecule has 0 bridgehead atoms. The minimum atomic E-state index is -1.02. The number of hydrogen-bond donors (Lipinski definition) is 2. The molecule has 0 spiro atoms. The Morgan fingerprint density at radius 1 is 0.971 bits per heavy atom. The zero-order chi connectivity index (χ0) is 24.4. The van der Waals surface area contributed by atoms with Crippen LogP contribution in [0.25, 0.3) is 10.9 Å². The van der Waals surface area contributed by atoms with Crippen LogP contribution >= 0.6 is 11.6 Å². The maximum absolute atomic E-state index is 12.7. The van der Waals surface area contributed by atoms with Crippen LogP contribution in [-0.4, -0.2) is 118 Å². The average molecular weight is 492 g/mol. The van der Waals surface area contributed by atoms with Crippen molar-refractivity contribution in [1.29, 1.82) is 0 Å². The molecule has 10 nitrogen and oxygen atoms in total. The van der Waals surface area contributed by atoms with E-state index in [0.29, 0.717) is 54.2 Å². The van der Waals surface area contributed by atoms with Crippen LogP contribution in [0.15, 0.2) is 24.4 Å². The lowest BCUT2D eigenvalue weighted by Gasteiger charge is -2.39. The van der Waals surface area contributed by atoms with Gasteiger partial charge in [-0.1, -0.05) is 17.7 Å². The van der Waals surface area contributed by atoms with E-state index in [-0.39, 0.29) is 12.5 Å². The molecule has 2 N–H and O–H groups in total. The van der Waals surface area contributed by atoms with Gasteiger partial charge in [0.25, 0.3) is 0 Å². The van der Waals surface area contributed by atoms with Crippen molar-refractivity contribution < 1.29 is 24.6 Å². The summed E-state index contributed by atoms with van der Waals surface area (Å²) in [6, 6.07) is 4.16. The molecule has 1 amide bonds. The first kappa shape index (κ1) is 24.5. The number of hydrogen-bond acceptors (Lipinski definition) is 6. The second kappa shape index (κ2) is 10.3. The molecule has 2 aliphatic heterocycles. The minimum Gasteiger partial charge on any atom is -0.480 e. The molecule has 1 aromatic heterocycles. The largest absolute Gasteiger partial charge is 0.480 e. The molecule has 2 saturated heterocycles. The predicted molar refractivity (Wildman–Crippen MR) is 127 cm³/mol.